The Morgan fingerprint density at radius 3 is 2.22 bits per heavy atom. The first-order chi connectivity index (χ1) is 4.09. The summed E-state index contributed by atoms with van der Waals surface area (Å²) >= 11 is 0. The highest BCUT2D eigenvalue weighted by Gasteiger charge is 2.17. The highest BCUT2D eigenvalue weighted by molar-refractivity contribution is 5.82. The van der Waals surface area contributed by atoms with E-state index < -0.39 is 5.97 Å². The van der Waals surface area contributed by atoms with Gasteiger partial charge in [-0.15, -0.1) is 0 Å². The van der Waals surface area contributed by atoms with Gasteiger partial charge in [0.2, 0.25) is 0 Å². The van der Waals surface area contributed by atoms with Gasteiger partial charge in [-0.05, 0) is 12.8 Å². The van der Waals surface area contributed by atoms with E-state index in [-0.39, 0.29) is 5.92 Å². The van der Waals surface area contributed by atoms with Crippen LogP contribution in [0.1, 0.15) is 27.2 Å². The smallest absolute Gasteiger partial charge is 0.310 e. The molecule has 0 aromatic heterocycles. The Balaban J connectivity index is 3.72. The third kappa shape index (κ3) is 2.49. The van der Waals surface area contributed by atoms with Crippen LogP contribution in [0.2, 0.25) is 0 Å². The second-order valence-corrected chi connectivity index (χ2v) is 2.30. The largest absolute Gasteiger partial charge is 0.481 e. The Morgan fingerprint density at radius 2 is 2.11 bits per heavy atom. The third-order valence-corrected chi connectivity index (χ3v) is 1.69. The molecule has 0 rings (SSSR count). The maximum atomic E-state index is 10.3. The fourth-order valence-corrected chi connectivity index (χ4v) is 0.517. The fourth-order valence-electron chi connectivity index (χ4n) is 0.517. The van der Waals surface area contributed by atoms with E-state index in [1.54, 1.807) is 6.92 Å². The first-order valence-electron chi connectivity index (χ1n) is 3.16. The predicted molar refractivity (Wildman–Crippen MR) is 36.0 cm³/mol. The second kappa shape index (κ2) is 3.49. The van der Waals surface area contributed by atoms with Gasteiger partial charge < -0.3 is 5.11 Å². The molecule has 0 saturated carbocycles. The lowest BCUT2D eigenvalue weighted by Crippen LogP contribution is -2.14. The SMILES string of the molecule is CCC(C)[C](C)C(=O)O. The summed E-state index contributed by atoms with van der Waals surface area (Å²) in [6.07, 6.45) is 0.901. The van der Waals surface area contributed by atoms with Crippen LogP contribution in [0, 0.1) is 11.8 Å². The van der Waals surface area contributed by atoms with Crippen molar-refractivity contribution in [3.05, 3.63) is 5.92 Å². The van der Waals surface area contributed by atoms with Gasteiger partial charge in [0.1, 0.15) is 0 Å². The van der Waals surface area contributed by atoms with Crippen molar-refractivity contribution in [2.24, 2.45) is 5.92 Å². The average molecular weight is 129 g/mol. The van der Waals surface area contributed by atoms with Gasteiger partial charge in [0.05, 0.1) is 5.92 Å². The standard InChI is InChI=1S/C7H13O2/c1-4-5(2)6(3)7(8)9/h5H,4H2,1-3H3,(H,8,9). The molecule has 0 spiro atoms. The topological polar surface area (TPSA) is 37.3 Å². The molecule has 53 valence electrons. The molecule has 1 radical (unpaired) electrons. The first kappa shape index (κ1) is 8.47. The number of carbonyl (C=O) groups is 1. The molecule has 0 heterocycles. The molecule has 1 unspecified atom stereocenters. The van der Waals surface area contributed by atoms with Crippen molar-refractivity contribution < 1.29 is 9.90 Å². The summed E-state index contributed by atoms with van der Waals surface area (Å²) in [7, 11) is 0. The second-order valence-electron chi connectivity index (χ2n) is 2.30. The zero-order chi connectivity index (χ0) is 7.44. The molecule has 0 aromatic carbocycles. The number of carboxylic acid groups (broad SMARTS) is 1. The summed E-state index contributed by atoms with van der Waals surface area (Å²) in [4.78, 5) is 10.3. The third-order valence-electron chi connectivity index (χ3n) is 1.69. The van der Waals surface area contributed by atoms with E-state index in [0.717, 1.165) is 6.42 Å². The van der Waals surface area contributed by atoms with E-state index in [0.29, 0.717) is 5.92 Å². The molecule has 0 amide bonds. The van der Waals surface area contributed by atoms with Gasteiger partial charge in [0, 0.05) is 0 Å². The Bertz CT molecular complexity index is 99.1. The van der Waals surface area contributed by atoms with Gasteiger partial charge in [0.25, 0.3) is 0 Å². The van der Waals surface area contributed by atoms with Crippen LogP contribution < -0.4 is 0 Å². The summed E-state index contributed by atoms with van der Waals surface area (Å²) in [5.74, 6) is -0.00986. The van der Waals surface area contributed by atoms with Crippen molar-refractivity contribution in [1.29, 1.82) is 0 Å². The molecule has 1 atom stereocenters. The van der Waals surface area contributed by atoms with Crippen LogP contribution in [0.3, 0.4) is 0 Å². The minimum atomic E-state index is -0.774. The Labute approximate surface area is 55.9 Å². The lowest BCUT2D eigenvalue weighted by atomic mass is 9.94. The zero-order valence-corrected chi connectivity index (χ0v) is 6.14. The molecule has 0 aliphatic heterocycles. The van der Waals surface area contributed by atoms with E-state index in [2.05, 4.69) is 0 Å². The molecular formula is C7H13O2. The minimum absolute atomic E-state index is 0.211. The van der Waals surface area contributed by atoms with Gasteiger partial charge in [0.15, 0.2) is 0 Å². The van der Waals surface area contributed by atoms with Crippen LogP contribution in [0.15, 0.2) is 0 Å². The highest BCUT2D eigenvalue weighted by atomic mass is 16.4. The first-order valence-corrected chi connectivity index (χ1v) is 3.16. The van der Waals surface area contributed by atoms with E-state index in [1.165, 1.54) is 0 Å². The van der Waals surface area contributed by atoms with Crippen molar-refractivity contribution in [2.45, 2.75) is 27.2 Å². The van der Waals surface area contributed by atoms with Crippen LogP contribution in [0.4, 0.5) is 0 Å². The maximum absolute atomic E-state index is 10.3. The van der Waals surface area contributed by atoms with Crippen molar-refractivity contribution in [2.75, 3.05) is 0 Å². The summed E-state index contributed by atoms with van der Waals surface area (Å²) in [5.41, 5.74) is 0. The molecule has 0 aliphatic rings. The van der Waals surface area contributed by atoms with Crippen LogP contribution in [0.5, 0.6) is 0 Å². The van der Waals surface area contributed by atoms with Gasteiger partial charge in [-0.2, -0.15) is 0 Å². The monoisotopic (exact) mass is 129 g/mol. The Kier molecular flexibility index (Phi) is 3.28. The molecule has 9 heavy (non-hydrogen) atoms. The average Bonchev–Trinajstić information content (AvgIpc) is 1.84. The maximum Gasteiger partial charge on any atom is 0.310 e. The molecule has 0 saturated heterocycles. The molecule has 1 N–H and O–H groups in total. The van der Waals surface area contributed by atoms with Crippen molar-refractivity contribution in [3.63, 3.8) is 0 Å². The van der Waals surface area contributed by atoms with Gasteiger partial charge in [-0.25, -0.2) is 0 Å². The van der Waals surface area contributed by atoms with Crippen molar-refractivity contribution in [3.8, 4) is 0 Å². The summed E-state index contributed by atoms with van der Waals surface area (Å²) < 4.78 is 0. The quantitative estimate of drug-likeness (QED) is 0.629. The minimum Gasteiger partial charge on any atom is -0.481 e. The molecular weight excluding hydrogens is 116 g/mol. The molecule has 0 bridgehead atoms. The van der Waals surface area contributed by atoms with Crippen molar-refractivity contribution in [1.82, 2.24) is 0 Å². The van der Waals surface area contributed by atoms with E-state index in [4.69, 9.17) is 5.11 Å². The van der Waals surface area contributed by atoms with E-state index in [9.17, 15) is 4.79 Å². The van der Waals surface area contributed by atoms with E-state index >= 15 is 0 Å². The summed E-state index contributed by atoms with van der Waals surface area (Å²) in [5, 5.41) is 8.45. The number of hydrogen-bond donors (Lipinski definition) is 1. The Morgan fingerprint density at radius 1 is 1.67 bits per heavy atom. The van der Waals surface area contributed by atoms with Gasteiger partial charge in [-0.3, -0.25) is 4.79 Å². The molecule has 0 aromatic rings. The molecule has 2 nitrogen and oxygen atoms in total. The lowest BCUT2D eigenvalue weighted by Gasteiger charge is -2.11. The normalized spacial score (nSPS) is 13.8. The lowest BCUT2D eigenvalue weighted by molar-refractivity contribution is -0.135. The number of aliphatic carboxylic acids is 1. The van der Waals surface area contributed by atoms with E-state index in [1.807, 2.05) is 13.8 Å². The van der Waals surface area contributed by atoms with Gasteiger partial charge in [-0.1, -0.05) is 20.3 Å². The van der Waals surface area contributed by atoms with Crippen molar-refractivity contribution >= 4 is 5.97 Å². The summed E-state index contributed by atoms with van der Waals surface area (Å²) in [6, 6.07) is 0. The van der Waals surface area contributed by atoms with Crippen LogP contribution >= 0.6 is 0 Å². The fraction of sp³-hybridized carbons (Fsp3) is 0.714. The summed E-state index contributed by atoms with van der Waals surface area (Å²) in [6.45, 7) is 5.57. The van der Waals surface area contributed by atoms with Crippen LogP contribution in [0.25, 0.3) is 0 Å². The van der Waals surface area contributed by atoms with Gasteiger partial charge >= 0.3 is 5.97 Å². The molecule has 0 fully saturated rings. The Hall–Kier alpha value is -0.530. The van der Waals surface area contributed by atoms with Crippen LogP contribution in [-0.2, 0) is 4.79 Å². The molecule has 0 aliphatic carbocycles. The van der Waals surface area contributed by atoms with Crippen LogP contribution in [-0.4, -0.2) is 11.1 Å². The highest BCUT2D eigenvalue weighted by Crippen LogP contribution is 2.15. The number of rotatable bonds is 3. The number of carboxylic acids is 1. The predicted octanol–water partition coefficient (Wildman–Crippen LogP) is 1.71. The zero-order valence-electron chi connectivity index (χ0n) is 6.14. The number of hydrogen-bond acceptors (Lipinski definition) is 1. The molecule has 2 heteroatoms.